The van der Waals surface area contributed by atoms with E-state index in [0.29, 0.717) is 28.8 Å². The Bertz CT molecular complexity index is 839. The van der Waals surface area contributed by atoms with Crippen LogP contribution in [0.25, 0.3) is 11.3 Å². The molecule has 2 fully saturated rings. The lowest BCUT2D eigenvalue weighted by atomic mass is 9.71. The molecule has 162 valence electrons. The molecule has 1 aliphatic carbocycles. The van der Waals surface area contributed by atoms with Crippen LogP contribution in [-0.2, 0) is 11.2 Å². The molecule has 0 spiro atoms. The number of piperidine rings is 1. The molecule has 3 atom stereocenters. The largest absolute Gasteiger partial charge is 0.356 e. The van der Waals surface area contributed by atoms with Gasteiger partial charge in [-0.15, -0.1) is 0 Å². The van der Waals surface area contributed by atoms with E-state index in [2.05, 4.69) is 24.3 Å². The second-order valence-electron chi connectivity index (χ2n) is 9.64. The zero-order valence-electron chi connectivity index (χ0n) is 18.1. The number of aromatic nitrogens is 1. The number of hydrogen-bond acceptors (Lipinski definition) is 3. The van der Waals surface area contributed by atoms with Gasteiger partial charge in [0.15, 0.2) is 5.76 Å². The number of amides is 1. The van der Waals surface area contributed by atoms with Crippen molar-refractivity contribution in [1.82, 2.24) is 10.5 Å². The molecule has 0 radical (unpaired) electrons. The zero-order chi connectivity index (χ0) is 21.1. The lowest BCUT2D eigenvalue weighted by Crippen LogP contribution is -2.52. The molecule has 5 heteroatoms. The van der Waals surface area contributed by atoms with Crippen molar-refractivity contribution in [3.8, 4) is 11.3 Å². The lowest BCUT2D eigenvalue weighted by Gasteiger charge is -2.41. The summed E-state index contributed by atoms with van der Waals surface area (Å²) in [6, 6.07) is 9.95. The molecular formula is C25H33ClN2O2. The predicted octanol–water partition coefficient (Wildman–Crippen LogP) is 6.28. The monoisotopic (exact) mass is 428 g/mol. The molecule has 2 aliphatic rings. The summed E-state index contributed by atoms with van der Waals surface area (Å²) in [6.07, 6.45) is 9.20. The van der Waals surface area contributed by atoms with Gasteiger partial charge in [-0.2, -0.15) is 0 Å². The molecule has 1 amide bonds. The Labute approximate surface area is 184 Å². The fourth-order valence-electron chi connectivity index (χ4n) is 5.36. The van der Waals surface area contributed by atoms with E-state index < -0.39 is 0 Å². The quantitative estimate of drug-likeness (QED) is 0.588. The number of halogens is 1. The highest BCUT2D eigenvalue weighted by Gasteiger charge is 2.39. The van der Waals surface area contributed by atoms with Crippen molar-refractivity contribution >= 4 is 17.5 Å². The molecule has 4 rings (SSSR count). The summed E-state index contributed by atoms with van der Waals surface area (Å²) in [5.74, 6) is 2.50. The van der Waals surface area contributed by atoms with Crippen molar-refractivity contribution < 1.29 is 9.32 Å². The molecule has 1 aromatic carbocycles. The molecule has 4 nitrogen and oxygen atoms in total. The fourth-order valence-corrected chi connectivity index (χ4v) is 5.49. The fraction of sp³-hybridized carbons (Fsp3) is 0.600. The zero-order valence-corrected chi connectivity index (χ0v) is 18.8. The number of nitrogens with zero attached hydrogens (tertiary/aromatic N) is 1. The Morgan fingerprint density at radius 1 is 1.17 bits per heavy atom. The van der Waals surface area contributed by atoms with Crippen LogP contribution in [0, 0.1) is 23.7 Å². The Hall–Kier alpha value is -1.81. The van der Waals surface area contributed by atoms with Crippen molar-refractivity contribution in [2.24, 2.45) is 23.7 Å². The van der Waals surface area contributed by atoms with Gasteiger partial charge >= 0.3 is 0 Å². The van der Waals surface area contributed by atoms with Crippen LogP contribution in [0.5, 0.6) is 0 Å². The number of hydrogen-bond donors (Lipinski definition) is 1. The topological polar surface area (TPSA) is 55.1 Å². The average Bonchev–Trinajstić information content (AvgIpc) is 3.20. The second-order valence-corrected chi connectivity index (χ2v) is 10.1. The first-order valence-electron chi connectivity index (χ1n) is 11.5. The van der Waals surface area contributed by atoms with Crippen molar-refractivity contribution in [3.05, 3.63) is 41.0 Å². The van der Waals surface area contributed by atoms with Gasteiger partial charge in [-0.05, 0) is 74.1 Å². The van der Waals surface area contributed by atoms with Crippen molar-refractivity contribution in [2.75, 3.05) is 0 Å². The highest BCUT2D eigenvalue weighted by atomic mass is 35.5. The SMILES string of the molecule is CC(C)C[C@H]1C(=O)N[C@@H](C2CCCCC2)CC1Cc1cc(-c2ccc(Cl)cc2)on1. The molecule has 2 heterocycles. The third-order valence-corrected chi connectivity index (χ3v) is 7.15. The highest BCUT2D eigenvalue weighted by molar-refractivity contribution is 6.30. The van der Waals surface area contributed by atoms with Gasteiger partial charge in [0.05, 0.1) is 5.69 Å². The van der Waals surface area contributed by atoms with Crippen LogP contribution in [0.3, 0.4) is 0 Å². The van der Waals surface area contributed by atoms with Crippen LogP contribution < -0.4 is 5.32 Å². The molecule has 1 saturated heterocycles. The molecule has 1 aromatic heterocycles. The minimum atomic E-state index is 0.0560. The summed E-state index contributed by atoms with van der Waals surface area (Å²) in [5, 5.41) is 8.45. The van der Waals surface area contributed by atoms with E-state index in [9.17, 15) is 4.79 Å². The lowest BCUT2D eigenvalue weighted by molar-refractivity contribution is -0.132. The highest BCUT2D eigenvalue weighted by Crippen LogP contribution is 2.37. The van der Waals surface area contributed by atoms with Gasteiger partial charge in [-0.25, -0.2) is 0 Å². The summed E-state index contributed by atoms with van der Waals surface area (Å²) < 4.78 is 5.62. The maximum absolute atomic E-state index is 13.1. The Balaban J connectivity index is 1.50. The van der Waals surface area contributed by atoms with Gasteiger partial charge in [0.2, 0.25) is 5.91 Å². The molecule has 1 aliphatic heterocycles. The van der Waals surface area contributed by atoms with Gasteiger partial charge < -0.3 is 9.84 Å². The van der Waals surface area contributed by atoms with Gasteiger partial charge in [-0.3, -0.25) is 4.79 Å². The smallest absolute Gasteiger partial charge is 0.223 e. The second kappa shape index (κ2) is 9.55. The van der Waals surface area contributed by atoms with Crippen LogP contribution in [-0.4, -0.2) is 17.1 Å². The molecule has 1 unspecified atom stereocenters. The number of benzene rings is 1. The van der Waals surface area contributed by atoms with E-state index in [1.807, 2.05) is 30.3 Å². The van der Waals surface area contributed by atoms with Gasteiger partial charge in [0, 0.05) is 28.6 Å². The van der Waals surface area contributed by atoms with Gasteiger partial charge in [0.25, 0.3) is 0 Å². The van der Waals surface area contributed by atoms with Crippen LogP contribution in [0.2, 0.25) is 5.02 Å². The maximum Gasteiger partial charge on any atom is 0.223 e. The first-order chi connectivity index (χ1) is 14.5. The first-order valence-corrected chi connectivity index (χ1v) is 11.9. The van der Waals surface area contributed by atoms with E-state index in [1.54, 1.807) is 0 Å². The Morgan fingerprint density at radius 2 is 1.90 bits per heavy atom. The molecular weight excluding hydrogens is 396 g/mol. The molecule has 1 N–H and O–H groups in total. The maximum atomic E-state index is 13.1. The van der Waals surface area contributed by atoms with E-state index in [-0.39, 0.29) is 11.8 Å². The third-order valence-electron chi connectivity index (χ3n) is 6.89. The summed E-state index contributed by atoms with van der Waals surface area (Å²) in [4.78, 5) is 13.1. The summed E-state index contributed by atoms with van der Waals surface area (Å²) >= 11 is 6.00. The van der Waals surface area contributed by atoms with Crippen LogP contribution in [0.4, 0.5) is 0 Å². The standard InChI is InChI=1S/C25H33ClN2O2/c1-16(2)12-22-19(14-23(27-25(22)29)17-6-4-3-5-7-17)13-21-15-24(30-28-21)18-8-10-20(26)11-9-18/h8-11,15-17,19,22-23H,3-7,12-14H2,1-2H3,(H,27,29)/t19?,22-,23-/m1/s1. The normalized spacial score (nSPS) is 25.5. The van der Waals surface area contributed by atoms with Crippen LogP contribution in [0.1, 0.15) is 64.5 Å². The van der Waals surface area contributed by atoms with E-state index in [4.69, 9.17) is 16.1 Å². The predicted molar refractivity (Wildman–Crippen MR) is 120 cm³/mol. The average molecular weight is 429 g/mol. The number of carbonyl (C=O) groups is 1. The summed E-state index contributed by atoms with van der Waals surface area (Å²) in [5.41, 5.74) is 1.91. The van der Waals surface area contributed by atoms with Crippen molar-refractivity contribution in [3.63, 3.8) is 0 Å². The summed E-state index contributed by atoms with van der Waals surface area (Å²) in [7, 11) is 0. The molecule has 2 aromatic rings. The molecule has 0 bridgehead atoms. The number of carbonyl (C=O) groups excluding carboxylic acids is 1. The number of rotatable bonds is 6. The third kappa shape index (κ3) is 5.08. The van der Waals surface area contributed by atoms with Gasteiger partial charge in [0.1, 0.15) is 0 Å². The first kappa shape index (κ1) is 21.4. The summed E-state index contributed by atoms with van der Waals surface area (Å²) in [6.45, 7) is 4.40. The van der Waals surface area contributed by atoms with E-state index >= 15 is 0 Å². The van der Waals surface area contributed by atoms with Crippen molar-refractivity contribution in [2.45, 2.75) is 71.3 Å². The minimum absolute atomic E-state index is 0.0560. The molecule has 30 heavy (non-hydrogen) atoms. The van der Waals surface area contributed by atoms with Crippen LogP contribution in [0.15, 0.2) is 34.9 Å². The molecule has 1 saturated carbocycles. The number of nitrogens with one attached hydrogen (secondary N) is 1. The Kier molecular flexibility index (Phi) is 6.82. The van der Waals surface area contributed by atoms with Crippen LogP contribution >= 0.6 is 11.6 Å². The Morgan fingerprint density at radius 3 is 2.60 bits per heavy atom. The van der Waals surface area contributed by atoms with Gasteiger partial charge in [-0.1, -0.05) is 49.9 Å². The van der Waals surface area contributed by atoms with E-state index in [0.717, 1.165) is 36.3 Å². The van der Waals surface area contributed by atoms with Crippen molar-refractivity contribution in [1.29, 1.82) is 0 Å². The minimum Gasteiger partial charge on any atom is -0.356 e. The van der Waals surface area contributed by atoms with E-state index in [1.165, 1.54) is 32.1 Å².